The Bertz CT molecular complexity index is 233. The number of benzene rings is 1. The predicted molar refractivity (Wildman–Crippen MR) is 52.0 cm³/mol. The molecule has 0 spiro atoms. The summed E-state index contributed by atoms with van der Waals surface area (Å²) in [7, 11) is -0.159. The van der Waals surface area contributed by atoms with E-state index in [2.05, 4.69) is 25.2 Å². The monoisotopic (exact) mass is 164 g/mol. The lowest BCUT2D eigenvalue weighted by atomic mass is 10.2. The zero-order chi connectivity index (χ0) is 8.27. The second kappa shape index (κ2) is 3.58. The van der Waals surface area contributed by atoms with Gasteiger partial charge in [0.25, 0.3) is 0 Å². The minimum Gasteiger partial charge on any atom is -0.399 e. The average Bonchev–Trinajstić information content (AvgIpc) is 1.85. The molecule has 0 aliphatic heterocycles. The molecule has 0 unspecified atom stereocenters. The molecule has 1 nitrogen and oxygen atoms in total. The normalized spacial score (nSPS) is 10.5. The zero-order valence-electron chi connectivity index (χ0n) is 7.09. The van der Waals surface area contributed by atoms with E-state index in [9.17, 15) is 0 Å². The van der Waals surface area contributed by atoms with E-state index in [4.69, 9.17) is 5.73 Å². The largest absolute Gasteiger partial charge is 0.399 e. The van der Waals surface area contributed by atoms with Crippen LogP contribution in [0.4, 0.5) is 5.69 Å². The van der Waals surface area contributed by atoms with Crippen LogP contribution in [0, 0.1) is 0 Å². The lowest BCUT2D eigenvalue weighted by molar-refractivity contribution is 1.36. The van der Waals surface area contributed by atoms with Crippen molar-refractivity contribution in [1.29, 1.82) is 0 Å². The van der Waals surface area contributed by atoms with Crippen molar-refractivity contribution in [2.45, 2.75) is 19.1 Å². The van der Waals surface area contributed by atoms with Gasteiger partial charge >= 0.3 is 0 Å². The molecule has 0 atom stereocenters. The van der Waals surface area contributed by atoms with E-state index in [0.29, 0.717) is 0 Å². The van der Waals surface area contributed by atoms with Crippen LogP contribution >= 0.6 is 0 Å². The summed E-state index contributed by atoms with van der Waals surface area (Å²) in [6.45, 7) is 4.63. The summed E-state index contributed by atoms with van der Waals surface area (Å²) in [4.78, 5) is 0. The standard InChI is InChI=1S/C9H14NSi/c1-11(2)7-8-4-3-5-9(10)6-8/h3-6H,7,10H2,1-2H3. The fraction of sp³-hybridized carbons (Fsp3) is 0.333. The Morgan fingerprint density at radius 1 is 1.36 bits per heavy atom. The van der Waals surface area contributed by atoms with Crippen molar-refractivity contribution in [3.05, 3.63) is 29.8 Å². The summed E-state index contributed by atoms with van der Waals surface area (Å²) in [5, 5.41) is 0. The van der Waals surface area contributed by atoms with Gasteiger partial charge in [-0.25, -0.2) is 0 Å². The summed E-state index contributed by atoms with van der Waals surface area (Å²) in [6, 6.07) is 9.39. The highest BCUT2D eigenvalue weighted by atomic mass is 28.3. The SMILES string of the molecule is C[Si](C)Cc1cccc(N)c1. The van der Waals surface area contributed by atoms with E-state index in [0.717, 1.165) is 5.69 Å². The molecular weight excluding hydrogens is 150 g/mol. The molecule has 1 rings (SSSR count). The minimum absolute atomic E-state index is 0.159. The van der Waals surface area contributed by atoms with Gasteiger partial charge in [-0.05, 0) is 23.7 Å². The third-order valence-electron chi connectivity index (χ3n) is 1.51. The van der Waals surface area contributed by atoms with Crippen molar-refractivity contribution in [2.75, 3.05) is 5.73 Å². The molecule has 0 saturated heterocycles. The van der Waals surface area contributed by atoms with Crippen LogP contribution in [0.2, 0.25) is 13.1 Å². The molecule has 59 valence electrons. The molecule has 2 heteroatoms. The first-order valence-electron chi connectivity index (χ1n) is 3.82. The second-order valence-electron chi connectivity index (χ2n) is 3.13. The van der Waals surface area contributed by atoms with Gasteiger partial charge in [-0.2, -0.15) is 0 Å². The number of nitrogens with two attached hydrogens (primary N) is 1. The smallest absolute Gasteiger partial charge is 0.0460 e. The van der Waals surface area contributed by atoms with Gasteiger partial charge in [-0.1, -0.05) is 25.2 Å². The van der Waals surface area contributed by atoms with Crippen molar-refractivity contribution < 1.29 is 0 Å². The van der Waals surface area contributed by atoms with E-state index >= 15 is 0 Å². The van der Waals surface area contributed by atoms with Crippen LogP contribution in [0.1, 0.15) is 5.56 Å². The molecule has 0 heterocycles. The Morgan fingerprint density at radius 3 is 2.64 bits per heavy atom. The topological polar surface area (TPSA) is 26.0 Å². The average molecular weight is 164 g/mol. The molecule has 2 N–H and O–H groups in total. The van der Waals surface area contributed by atoms with Crippen molar-refractivity contribution in [2.24, 2.45) is 0 Å². The molecule has 0 aliphatic carbocycles. The summed E-state index contributed by atoms with van der Waals surface area (Å²) >= 11 is 0. The molecule has 1 radical (unpaired) electrons. The number of rotatable bonds is 2. The van der Waals surface area contributed by atoms with Gasteiger partial charge in [0.15, 0.2) is 0 Å². The van der Waals surface area contributed by atoms with Crippen LogP contribution < -0.4 is 5.73 Å². The minimum atomic E-state index is -0.159. The fourth-order valence-electron chi connectivity index (χ4n) is 1.11. The second-order valence-corrected chi connectivity index (χ2v) is 5.90. The van der Waals surface area contributed by atoms with Crippen LogP contribution in [-0.4, -0.2) is 8.80 Å². The van der Waals surface area contributed by atoms with Crippen LogP contribution in [0.15, 0.2) is 24.3 Å². The molecule has 11 heavy (non-hydrogen) atoms. The highest BCUT2D eigenvalue weighted by Gasteiger charge is 1.98. The zero-order valence-corrected chi connectivity index (χ0v) is 8.09. The van der Waals surface area contributed by atoms with E-state index < -0.39 is 0 Å². The maximum Gasteiger partial charge on any atom is 0.0460 e. The van der Waals surface area contributed by atoms with Crippen molar-refractivity contribution in [1.82, 2.24) is 0 Å². The van der Waals surface area contributed by atoms with E-state index in [-0.39, 0.29) is 8.80 Å². The number of anilines is 1. The highest BCUT2D eigenvalue weighted by molar-refractivity contribution is 6.55. The van der Waals surface area contributed by atoms with E-state index in [1.807, 2.05) is 12.1 Å². The maximum atomic E-state index is 5.65. The van der Waals surface area contributed by atoms with Gasteiger partial charge in [-0.3, -0.25) is 0 Å². The third-order valence-corrected chi connectivity index (χ3v) is 2.62. The molecule has 0 aromatic heterocycles. The summed E-state index contributed by atoms with van der Waals surface area (Å²) in [6.07, 6.45) is 0. The van der Waals surface area contributed by atoms with Gasteiger partial charge in [-0.15, -0.1) is 0 Å². The Morgan fingerprint density at radius 2 is 2.09 bits per heavy atom. The Balaban J connectivity index is 2.71. The molecule has 0 saturated carbocycles. The predicted octanol–water partition coefficient (Wildman–Crippen LogP) is 2.10. The molecule has 0 bridgehead atoms. The molecule has 1 aromatic rings. The first-order valence-corrected chi connectivity index (χ1v) is 6.52. The van der Waals surface area contributed by atoms with Crippen molar-refractivity contribution >= 4 is 14.5 Å². The van der Waals surface area contributed by atoms with Crippen LogP contribution in [0.5, 0.6) is 0 Å². The maximum absolute atomic E-state index is 5.65. The van der Waals surface area contributed by atoms with E-state index in [1.54, 1.807) is 0 Å². The Labute approximate surface area is 69.8 Å². The first-order chi connectivity index (χ1) is 5.18. The summed E-state index contributed by atoms with van der Waals surface area (Å²) in [5.74, 6) is 0. The van der Waals surface area contributed by atoms with Gasteiger partial charge in [0, 0.05) is 14.5 Å². The van der Waals surface area contributed by atoms with Gasteiger partial charge in [0.2, 0.25) is 0 Å². The number of nitrogen functional groups attached to an aromatic ring is 1. The van der Waals surface area contributed by atoms with Crippen LogP contribution in [0.25, 0.3) is 0 Å². The van der Waals surface area contributed by atoms with E-state index in [1.165, 1.54) is 11.6 Å². The quantitative estimate of drug-likeness (QED) is 0.526. The molecule has 0 amide bonds. The van der Waals surface area contributed by atoms with Crippen LogP contribution in [0.3, 0.4) is 0 Å². The van der Waals surface area contributed by atoms with Gasteiger partial charge < -0.3 is 5.73 Å². The Hall–Kier alpha value is -0.763. The van der Waals surface area contributed by atoms with Crippen molar-refractivity contribution in [3.8, 4) is 0 Å². The molecular formula is C9H14NSi. The van der Waals surface area contributed by atoms with Crippen LogP contribution in [-0.2, 0) is 6.04 Å². The van der Waals surface area contributed by atoms with Gasteiger partial charge in [0.1, 0.15) is 0 Å². The summed E-state index contributed by atoms with van der Waals surface area (Å²) < 4.78 is 0. The number of hydrogen-bond donors (Lipinski definition) is 1. The Kier molecular flexibility index (Phi) is 2.71. The van der Waals surface area contributed by atoms with Crippen molar-refractivity contribution in [3.63, 3.8) is 0 Å². The lowest BCUT2D eigenvalue weighted by Crippen LogP contribution is -2.05. The highest BCUT2D eigenvalue weighted by Crippen LogP contribution is 2.08. The number of hydrogen-bond acceptors (Lipinski definition) is 1. The summed E-state index contributed by atoms with van der Waals surface area (Å²) in [5.41, 5.74) is 7.90. The molecule has 0 aliphatic rings. The van der Waals surface area contributed by atoms with Gasteiger partial charge in [0.05, 0.1) is 0 Å². The molecule has 1 aromatic carbocycles. The fourth-order valence-corrected chi connectivity index (χ4v) is 2.15. The third kappa shape index (κ3) is 2.76. The lowest BCUT2D eigenvalue weighted by Gasteiger charge is -2.03. The first kappa shape index (κ1) is 8.33. The molecule has 0 fully saturated rings.